The van der Waals surface area contributed by atoms with Gasteiger partial charge in [-0.2, -0.15) is 5.10 Å². The second-order valence-corrected chi connectivity index (χ2v) is 6.81. The van der Waals surface area contributed by atoms with Gasteiger partial charge >= 0.3 is 5.97 Å². The highest BCUT2D eigenvalue weighted by molar-refractivity contribution is 7.93. The summed E-state index contributed by atoms with van der Waals surface area (Å²) in [4.78, 5) is 10.7. The molecule has 0 amide bonds. The van der Waals surface area contributed by atoms with E-state index in [1.807, 2.05) is 0 Å². The van der Waals surface area contributed by atoms with Gasteiger partial charge in [0.2, 0.25) is 0 Å². The van der Waals surface area contributed by atoms with Crippen LogP contribution in [0.2, 0.25) is 0 Å². The summed E-state index contributed by atoms with van der Waals surface area (Å²) >= 11 is 0.884. The molecule has 0 bridgehead atoms. The van der Waals surface area contributed by atoms with Crippen molar-refractivity contribution >= 4 is 33.1 Å². The molecule has 7 nitrogen and oxygen atoms in total. The zero-order chi connectivity index (χ0) is 15.1. The van der Waals surface area contributed by atoms with E-state index in [-0.39, 0.29) is 15.6 Å². The third-order valence-electron chi connectivity index (χ3n) is 2.87. The fraction of sp³-hybridized carbons (Fsp3) is 0.273. The van der Waals surface area contributed by atoms with Crippen molar-refractivity contribution in [2.24, 2.45) is 0 Å². The van der Waals surface area contributed by atoms with Crippen molar-refractivity contribution in [3.63, 3.8) is 0 Å². The average molecular weight is 315 g/mol. The fourth-order valence-corrected chi connectivity index (χ4v) is 4.38. The Morgan fingerprint density at radius 2 is 2.05 bits per heavy atom. The van der Waals surface area contributed by atoms with E-state index in [1.165, 1.54) is 5.38 Å². The number of nitrogens with one attached hydrogen (secondary N) is 2. The molecular weight excluding hydrogens is 302 g/mol. The molecule has 9 heteroatoms. The molecule has 2 aromatic heterocycles. The van der Waals surface area contributed by atoms with Crippen LogP contribution in [-0.2, 0) is 10.0 Å². The Labute approximate surface area is 119 Å². The molecule has 0 spiro atoms. The Kier molecular flexibility index (Phi) is 3.57. The number of rotatable bonds is 4. The Morgan fingerprint density at radius 1 is 1.40 bits per heavy atom. The van der Waals surface area contributed by atoms with Crippen LogP contribution < -0.4 is 4.72 Å². The van der Waals surface area contributed by atoms with Crippen LogP contribution in [0.15, 0.2) is 10.3 Å². The third-order valence-corrected chi connectivity index (χ3v) is 5.61. The van der Waals surface area contributed by atoms with E-state index in [1.54, 1.807) is 20.8 Å². The van der Waals surface area contributed by atoms with Gasteiger partial charge in [-0.05, 0) is 31.7 Å². The number of anilines is 1. The van der Waals surface area contributed by atoms with Gasteiger partial charge in [0.05, 0.1) is 0 Å². The number of carbonyl (C=O) groups is 1. The lowest BCUT2D eigenvalue weighted by molar-refractivity contribution is 0.0698. The van der Waals surface area contributed by atoms with Crippen molar-refractivity contribution in [1.29, 1.82) is 0 Å². The normalized spacial score (nSPS) is 11.6. The molecule has 0 fully saturated rings. The minimum atomic E-state index is -3.99. The molecule has 2 heterocycles. The summed E-state index contributed by atoms with van der Waals surface area (Å²) in [6.07, 6.45) is 0. The van der Waals surface area contributed by atoms with Crippen molar-refractivity contribution < 1.29 is 18.3 Å². The first kappa shape index (κ1) is 14.5. The average Bonchev–Trinajstić information content (AvgIpc) is 2.87. The standard InChI is InChI=1S/C11H13N3O4S2/c1-5-4-19-8(11(15)16)9(5)20(17,18)14-10-6(2)7(3)12-13-10/h4H,1-3H3,(H,15,16)(H2,12,13,14). The number of sulfonamides is 1. The van der Waals surface area contributed by atoms with Crippen molar-refractivity contribution in [2.45, 2.75) is 25.7 Å². The van der Waals surface area contributed by atoms with E-state index >= 15 is 0 Å². The quantitative estimate of drug-likeness (QED) is 0.797. The molecule has 108 valence electrons. The topological polar surface area (TPSA) is 112 Å². The minimum Gasteiger partial charge on any atom is -0.477 e. The van der Waals surface area contributed by atoms with E-state index < -0.39 is 16.0 Å². The molecule has 0 aliphatic rings. The minimum absolute atomic E-state index is 0.171. The van der Waals surface area contributed by atoms with Crippen LogP contribution in [0.1, 0.15) is 26.5 Å². The summed E-state index contributed by atoms with van der Waals surface area (Å²) in [5.41, 5.74) is 1.80. The molecule has 0 saturated heterocycles. The number of H-pyrrole nitrogens is 1. The number of carboxylic acid groups (broad SMARTS) is 1. The maximum atomic E-state index is 12.3. The number of hydrogen-bond acceptors (Lipinski definition) is 5. The number of hydrogen-bond donors (Lipinski definition) is 3. The summed E-state index contributed by atoms with van der Waals surface area (Å²) in [6.45, 7) is 5.04. The zero-order valence-electron chi connectivity index (χ0n) is 11.0. The first-order valence-corrected chi connectivity index (χ1v) is 7.96. The van der Waals surface area contributed by atoms with E-state index in [9.17, 15) is 13.2 Å². The highest BCUT2D eigenvalue weighted by atomic mass is 32.2. The van der Waals surface area contributed by atoms with Gasteiger partial charge in [0.15, 0.2) is 5.82 Å². The molecule has 0 saturated carbocycles. The van der Waals surface area contributed by atoms with Crippen LogP contribution in [0.25, 0.3) is 0 Å². The molecule has 2 rings (SSSR count). The van der Waals surface area contributed by atoms with Crippen molar-refractivity contribution in [2.75, 3.05) is 4.72 Å². The van der Waals surface area contributed by atoms with E-state index in [0.717, 1.165) is 17.0 Å². The first-order valence-electron chi connectivity index (χ1n) is 5.60. The summed E-state index contributed by atoms with van der Waals surface area (Å²) in [7, 11) is -3.99. The lowest BCUT2D eigenvalue weighted by atomic mass is 10.3. The van der Waals surface area contributed by atoms with Crippen molar-refractivity contribution in [3.8, 4) is 0 Å². The number of carboxylic acids is 1. The lowest BCUT2D eigenvalue weighted by Gasteiger charge is -2.07. The van der Waals surface area contributed by atoms with Gasteiger partial charge in [-0.3, -0.25) is 9.82 Å². The van der Waals surface area contributed by atoms with E-state index in [0.29, 0.717) is 11.1 Å². The second kappa shape index (κ2) is 4.91. The molecule has 3 N–H and O–H groups in total. The predicted molar refractivity (Wildman–Crippen MR) is 74.9 cm³/mol. The molecule has 0 radical (unpaired) electrons. The number of aromatic nitrogens is 2. The van der Waals surface area contributed by atoms with Crippen LogP contribution in [-0.4, -0.2) is 29.7 Å². The molecule has 0 aromatic carbocycles. The number of aryl methyl sites for hydroxylation is 2. The lowest BCUT2D eigenvalue weighted by Crippen LogP contribution is -2.17. The Hall–Kier alpha value is -1.87. The summed E-state index contributed by atoms with van der Waals surface area (Å²) in [6, 6.07) is 0. The van der Waals surface area contributed by atoms with Gasteiger partial charge in [0.1, 0.15) is 9.77 Å². The van der Waals surface area contributed by atoms with Gasteiger partial charge in [-0.15, -0.1) is 11.3 Å². The number of nitrogens with zero attached hydrogens (tertiary/aromatic N) is 1. The fourth-order valence-electron chi connectivity index (χ4n) is 1.68. The van der Waals surface area contributed by atoms with Gasteiger partial charge in [0, 0.05) is 11.3 Å². The largest absolute Gasteiger partial charge is 0.477 e. The SMILES string of the molecule is Cc1csc(C(=O)O)c1S(=O)(=O)Nc1n[nH]c(C)c1C. The maximum absolute atomic E-state index is 12.3. The maximum Gasteiger partial charge on any atom is 0.347 e. The van der Waals surface area contributed by atoms with Crippen LogP contribution >= 0.6 is 11.3 Å². The molecule has 0 unspecified atom stereocenters. The Bertz CT molecular complexity index is 774. The first-order chi connectivity index (χ1) is 9.24. The van der Waals surface area contributed by atoms with E-state index in [4.69, 9.17) is 5.11 Å². The summed E-state index contributed by atoms with van der Waals surface area (Å²) in [5, 5.41) is 17.1. The molecule has 0 aliphatic heterocycles. The van der Waals surface area contributed by atoms with Crippen molar-refractivity contribution in [1.82, 2.24) is 10.2 Å². The molecule has 0 aliphatic carbocycles. The smallest absolute Gasteiger partial charge is 0.347 e. The molecule has 0 atom stereocenters. The zero-order valence-corrected chi connectivity index (χ0v) is 12.6. The third kappa shape index (κ3) is 2.41. The van der Waals surface area contributed by atoms with Crippen LogP contribution in [0.4, 0.5) is 5.82 Å². The second-order valence-electron chi connectivity index (χ2n) is 4.31. The molecule has 2 aromatic rings. The number of aromatic carboxylic acids is 1. The Balaban J connectivity index is 2.49. The highest BCUT2D eigenvalue weighted by Crippen LogP contribution is 2.29. The van der Waals surface area contributed by atoms with Gasteiger partial charge < -0.3 is 5.11 Å². The number of thiophene rings is 1. The van der Waals surface area contributed by atoms with Crippen molar-refractivity contribution in [3.05, 3.63) is 27.1 Å². The monoisotopic (exact) mass is 315 g/mol. The van der Waals surface area contributed by atoms with Crippen LogP contribution in [0, 0.1) is 20.8 Å². The van der Waals surface area contributed by atoms with Gasteiger partial charge in [0.25, 0.3) is 10.0 Å². The summed E-state index contributed by atoms with van der Waals surface area (Å²) < 4.78 is 27.0. The highest BCUT2D eigenvalue weighted by Gasteiger charge is 2.28. The predicted octanol–water partition coefficient (Wildman–Crippen LogP) is 1.90. The van der Waals surface area contributed by atoms with Gasteiger partial charge in [-0.1, -0.05) is 0 Å². The van der Waals surface area contributed by atoms with E-state index in [2.05, 4.69) is 14.9 Å². The Morgan fingerprint density at radius 3 is 2.55 bits per heavy atom. The van der Waals surface area contributed by atoms with Gasteiger partial charge in [-0.25, -0.2) is 13.2 Å². The molecular formula is C11H13N3O4S2. The summed E-state index contributed by atoms with van der Waals surface area (Å²) in [5.74, 6) is -1.09. The van der Waals surface area contributed by atoms with Crippen LogP contribution in [0.3, 0.4) is 0 Å². The molecule has 20 heavy (non-hydrogen) atoms. The number of aromatic amines is 1. The van der Waals surface area contributed by atoms with Crippen LogP contribution in [0.5, 0.6) is 0 Å².